The number of benzene rings is 1. The predicted molar refractivity (Wildman–Crippen MR) is 82.9 cm³/mol. The van der Waals surface area contributed by atoms with Crippen LogP contribution in [0.2, 0.25) is 0 Å². The lowest BCUT2D eigenvalue weighted by molar-refractivity contribution is 0.706. The summed E-state index contributed by atoms with van der Waals surface area (Å²) in [5, 5.41) is 2.98. The Bertz CT molecular complexity index is 736. The van der Waals surface area contributed by atoms with E-state index in [1.165, 1.54) is 4.57 Å². The van der Waals surface area contributed by atoms with Gasteiger partial charge in [0.05, 0.1) is 0 Å². The Morgan fingerprint density at radius 3 is 2.80 bits per heavy atom. The number of nitrogens with two attached hydrogens (primary N) is 1. The third-order valence-corrected chi connectivity index (χ3v) is 3.41. The second kappa shape index (κ2) is 5.96. The molecule has 0 bridgehead atoms. The first-order valence-corrected chi connectivity index (χ1v) is 6.93. The number of nitrogens with one attached hydrogen (secondary N) is 2. The molecule has 2 aromatic rings. The van der Waals surface area contributed by atoms with Crippen LogP contribution in [0, 0.1) is 0 Å². The van der Waals surface area contributed by atoms with Crippen molar-refractivity contribution in [2.45, 2.75) is 20.0 Å². The minimum Gasteiger partial charge on any atom is -0.383 e. The maximum Gasteiger partial charge on any atom is 0.330 e. The summed E-state index contributed by atoms with van der Waals surface area (Å²) in [5.74, 6) is 0.149. The van der Waals surface area contributed by atoms with Gasteiger partial charge in [-0.3, -0.25) is 14.3 Å². The Morgan fingerprint density at radius 1 is 1.40 bits per heavy atom. The van der Waals surface area contributed by atoms with Gasteiger partial charge >= 0.3 is 5.69 Å². The molecule has 1 aromatic carbocycles. The fourth-order valence-corrected chi connectivity index (χ4v) is 2.36. The molecule has 0 saturated heterocycles. The second-order valence-corrected chi connectivity index (χ2v) is 5.16. The molecule has 0 aliphatic carbocycles. The number of nitrogen functional groups attached to an aromatic ring is 1. The number of aromatic amines is 1. The van der Waals surface area contributed by atoms with E-state index in [9.17, 15) is 9.59 Å². The van der Waals surface area contributed by atoms with Crippen LogP contribution in [0.5, 0.6) is 0 Å². The van der Waals surface area contributed by atoms with Crippen LogP contribution in [-0.4, -0.2) is 9.55 Å². The Hall–Kier alpha value is -2.02. The second-order valence-electron chi connectivity index (χ2n) is 4.25. The van der Waals surface area contributed by atoms with Crippen molar-refractivity contribution in [2.75, 3.05) is 11.1 Å². The highest BCUT2D eigenvalue weighted by Gasteiger charge is 2.10. The summed E-state index contributed by atoms with van der Waals surface area (Å²) < 4.78 is 2.27. The lowest BCUT2D eigenvalue weighted by Gasteiger charge is -2.12. The smallest absolute Gasteiger partial charge is 0.330 e. The van der Waals surface area contributed by atoms with Crippen LogP contribution in [0.3, 0.4) is 0 Å². The minimum atomic E-state index is -0.507. The number of aromatic nitrogens is 2. The van der Waals surface area contributed by atoms with E-state index in [0.29, 0.717) is 13.1 Å². The number of hydrogen-bond donors (Lipinski definition) is 3. The van der Waals surface area contributed by atoms with Gasteiger partial charge in [-0.15, -0.1) is 0 Å². The fraction of sp³-hybridized carbons (Fsp3) is 0.231. The maximum atomic E-state index is 11.8. The number of anilines is 2. The van der Waals surface area contributed by atoms with Crippen molar-refractivity contribution >= 4 is 27.4 Å². The fourth-order valence-electron chi connectivity index (χ4n) is 1.91. The molecule has 106 valence electrons. The first-order chi connectivity index (χ1) is 9.52. The number of H-pyrrole nitrogens is 1. The van der Waals surface area contributed by atoms with Crippen LogP contribution < -0.4 is 22.3 Å². The van der Waals surface area contributed by atoms with Crippen molar-refractivity contribution in [2.24, 2.45) is 0 Å². The van der Waals surface area contributed by atoms with Gasteiger partial charge < -0.3 is 11.1 Å². The molecule has 0 aliphatic rings. The molecule has 0 spiro atoms. The van der Waals surface area contributed by atoms with Crippen molar-refractivity contribution in [1.29, 1.82) is 0 Å². The van der Waals surface area contributed by atoms with Crippen molar-refractivity contribution in [3.05, 3.63) is 55.1 Å². The van der Waals surface area contributed by atoms with Gasteiger partial charge in [0.1, 0.15) is 11.5 Å². The number of nitrogens with zero attached hydrogens (tertiary/aromatic N) is 1. The molecule has 4 N–H and O–H groups in total. The minimum absolute atomic E-state index is 0.149. The van der Waals surface area contributed by atoms with Gasteiger partial charge in [-0.25, -0.2) is 4.79 Å². The van der Waals surface area contributed by atoms with E-state index in [0.717, 1.165) is 10.0 Å². The third kappa shape index (κ3) is 2.93. The standard InChI is InChI=1S/C13H15BrN4O2/c1-2-18-11(15)10(12(19)17-13(18)20)16-7-8-4-3-5-9(14)6-8/h3-6,16H,2,7,15H2,1H3,(H,17,19,20). The maximum absolute atomic E-state index is 11.8. The molecular weight excluding hydrogens is 324 g/mol. The van der Waals surface area contributed by atoms with Gasteiger partial charge in [-0.1, -0.05) is 28.1 Å². The molecule has 1 heterocycles. The zero-order chi connectivity index (χ0) is 14.7. The predicted octanol–water partition coefficient (Wildman–Crippen LogP) is 1.51. The SMILES string of the molecule is CCn1c(N)c(NCc2cccc(Br)c2)c(=O)[nH]c1=O. The molecule has 0 saturated carbocycles. The molecule has 0 fully saturated rings. The van der Waals surface area contributed by atoms with Gasteiger partial charge in [0.15, 0.2) is 0 Å². The molecule has 0 atom stereocenters. The van der Waals surface area contributed by atoms with E-state index in [4.69, 9.17) is 5.73 Å². The summed E-state index contributed by atoms with van der Waals surface area (Å²) in [7, 11) is 0. The molecule has 0 aliphatic heterocycles. The van der Waals surface area contributed by atoms with Crippen molar-refractivity contribution in [3.63, 3.8) is 0 Å². The quantitative estimate of drug-likeness (QED) is 0.787. The third-order valence-electron chi connectivity index (χ3n) is 2.91. The van der Waals surface area contributed by atoms with Crippen molar-refractivity contribution < 1.29 is 0 Å². The van der Waals surface area contributed by atoms with Crippen LogP contribution in [0.15, 0.2) is 38.3 Å². The zero-order valence-electron chi connectivity index (χ0n) is 10.9. The molecule has 7 heteroatoms. The Labute approximate surface area is 123 Å². The Kier molecular flexibility index (Phi) is 4.29. The number of halogens is 1. The van der Waals surface area contributed by atoms with Crippen LogP contribution in [0.1, 0.15) is 12.5 Å². The van der Waals surface area contributed by atoms with E-state index in [2.05, 4.69) is 26.2 Å². The zero-order valence-corrected chi connectivity index (χ0v) is 12.5. The molecule has 20 heavy (non-hydrogen) atoms. The first kappa shape index (κ1) is 14.4. The highest BCUT2D eigenvalue weighted by atomic mass is 79.9. The molecule has 1 aromatic heterocycles. The normalized spacial score (nSPS) is 10.5. The topological polar surface area (TPSA) is 92.9 Å². The van der Waals surface area contributed by atoms with Crippen molar-refractivity contribution in [1.82, 2.24) is 9.55 Å². The highest BCUT2D eigenvalue weighted by molar-refractivity contribution is 9.10. The van der Waals surface area contributed by atoms with Gasteiger partial charge in [-0.05, 0) is 24.6 Å². The van der Waals surface area contributed by atoms with Crippen LogP contribution in [0.4, 0.5) is 11.5 Å². The van der Waals surface area contributed by atoms with Gasteiger partial charge in [0, 0.05) is 17.6 Å². The van der Waals surface area contributed by atoms with E-state index in [1.807, 2.05) is 24.3 Å². The molecule has 0 unspecified atom stereocenters. The summed E-state index contributed by atoms with van der Waals surface area (Å²) in [6, 6.07) is 7.69. The number of hydrogen-bond acceptors (Lipinski definition) is 4. The van der Waals surface area contributed by atoms with Crippen LogP contribution >= 0.6 is 15.9 Å². The van der Waals surface area contributed by atoms with Crippen molar-refractivity contribution in [3.8, 4) is 0 Å². The average molecular weight is 339 g/mol. The average Bonchev–Trinajstić information content (AvgIpc) is 2.38. The van der Waals surface area contributed by atoms with E-state index >= 15 is 0 Å². The first-order valence-electron chi connectivity index (χ1n) is 6.13. The summed E-state index contributed by atoms with van der Waals surface area (Å²) in [4.78, 5) is 25.6. The Morgan fingerprint density at radius 2 is 2.15 bits per heavy atom. The Balaban J connectivity index is 2.30. The van der Waals surface area contributed by atoms with Crippen LogP contribution in [-0.2, 0) is 13.1 Å². The highest BCUT2D eigenvalue weighted by Crippen LogP contribution is 2.15. The van der Waals surface area contributed by atoms with Crippen LogP contribution in [0.25, 0.3) is 0 Å². The van der Waals surface area contributed by atoms with E-state index < -0.39 is 11.2 Å². The monoisotopic (exact) mass is 338 g/mol. The molecular formula is C13H15BrN4O2. The lowest BCUT2D eigenvalue weighted by atomic mass is 10.2. The summed E-state index contributed by atoms with van der Waals surface area (Å²) in [6.07, 6.45) is 0. The molecule has 0 radical (unpaired) electrons. The molecule has 0 amide bonds. The van der Waals surface area contributed by atoms with E-state index in [1.54, 1.807) is 6.92 Å². The largest absolute Gasteiger partial charge is 0.383 e. The molecule has 6 nitrogen and oxygen atoms in total. The summed E-state index contributed by atoms with van der Waals surface area (Å²) in [5.41, 5.74) is 6.06. The van der Waals surface area contributed by atoms with E-state index in [-0.39, 0.29) is 11.5 Å². The number of rotatable bonds is 4. The summed E-state index contributed by atoms with van der Waals surface area (Å²) in [6.45, 7) is 2.62. The lowest BCUT2D eigenvalue weighted by Crippen LogP contribution is -2.33. The van der Waals surface area contributed by atoms with Gasteiger partial charge in [0.2, 0.25) is 0 Å². The molecule has 2 rings (SSSR count). The van der Waals surface area contributed by atoms with Gasteiger partial charge in [-0.2, -0.15) is 0 Å². The summed E-state index contributed by atoms with van der Waals surface area (Å²) >= 11 is 3.38. The van der Waals surface area contributed by atoms with Gasteiger partial charge in [0.25, 0.3) is 5.56 Å².